The third-order valence-corrected chi connectivity index (χ3v) is 3.29. The molecule has 1 amide bonds. The predicted molar refractivity (Wildman–Crippen MR) is 73.8 cm³/mol. The van der Waals surface area contributed by atoms with Crippen LogP contribution in [0.3, 0.4) is 0 Å². The van der Waals surface area contributed by atoms with Gasteiger partial charge in [0.2, 0.25) is 5.91 Å². The average Bonchev–Trinajstić information content (AvgIpc) is 2.29. The lowest BCUT2D eigenvalue weighted by molar-refractivity contribution is -0.119. The molecule has 0 saturated carbocycles. The van der Waals surface area contributed by atoms with Gasteiger partial charge in [-0.15, -0.1) is 0 Å². The molecule has 104 valence electrons. The maximum Gasteiger partial charge on any atom is 0.231 e. The molecule has 1 aliphatic heterocycles. The van der Waals surface area contributed by atoms with Gasteiger partial charge in [-0.2, -0.15) is 0 Å². The first-order valence-electron chi connectivity index (χ1n) is 6.62. The summed E-state index contributed by atoms with van der Waals surface area (Å²) in [7, 11) is 0. The summed E-state index contributed by atoms with van der Waals surface area (Å²) in [6.45, 7) is 6.01. The first-order valence-corrected chi connectivity index (χ1v) is 6.62. The summed E-state index contributed by atoms with van der Waals surface area (Å²) >= 11 is 0. The Morgan fingerprint density at radius 3 is 2.68 bits per heavy atom. The normalized spacial score (nSPS) is 17.4. The Labute approximate surface area is 113 Å². The van der Waals surface area contributed by atoms with Crippen molar-refractivity contribution in [2.75, 3.05) is 25.0 Å². The maximum absolute atomic E-state index is 10.9. The Morgan fingerprint density at radius 1 is 1.42 bits per heavy atom. The fourth-order valence-electron chi connectivity index (χ4n) is 2.46. The number of likely N-dealkylation sites (tertiary alicyclic amines) is 1. The Kier molecular flexibility index (Phi) is 4.31. The Hall–Kier alpha value is -1.69. The number of primary amides is 1. The monoisotopic (exact) mass is 263 g/mol. The van der Waals surface area contributed by atoms with E-state index in [2.05, 4.69) is 20.2 Å². The molecule has 3 N–H and O–H groups in total. The van der Waals surface area contributed by atoms with Crippen molar-refractivity contribution in [3.8, 4) is 0 Å². The van der Waals surface area contributed by atoms with Crippen LogP contribution in [0, 0.1) is 13.8 Å². The maximum atomic E-state index is 10.9. The van der Waals surface area contributed by atoms with Gasteiger partial charge in [0.1, 0.15) is 11.6 Å². The SMILES string of the molecule is Cc1cc(NC2CCN(CC(N)=O)CC2)nc(C)n1. The van der Waals surface area contributed by atoms with Gasteiger partial charge in [0.05, 0.1) is 6.54 Å². The number of nitrogens with two attached hydrogens (primary N) is 1. The van der Waals surface area contributed by atoms with Crippen LogP contribution in [0.4, 0.5) is 5.82 Å². The van der Waals surface area contributed by atoms with Crippen LogP contribution in [0.5, 0.6) is 0 Å². The minimum Gasteiger partial charge on any atom is -0.369 e. The van der Waals surface area contributed by atoms with E-state index < -0.39 is 0 Å². The topological polar surface area (TPSA) is 84.1 Å². The molecule has 0 bridgehead atoms. The van der Waals surface area contributed by atoms with Gasteiger partial charge >= 0.3 is 0 Å². The van der Waals surface area contributed by atoms with Gasteiger partial charge in [0.15, 0.2) is 0 Å². The number of piperidine rings is 1. The van der Waals surface area contributed by atoms with Crippen LogP contribution >= 0.6 is 0 Å². The van der Waals surface area contributed by atoms with E-state index in [1.165, 1.54) is 0 Å². The van der Waals surface area contributed by atoms with E-state index in [0.29, 0.717) is 12.6 Å². The molecule has 0 spiro atoms. The predicted octanol–water partition coefficient (Wildman–Crippen LogP) is 0.455. The highest BCUT2D eigenvalue weighted by Crippen LogP contribution is 2.15. The summed E-state index contributed by atoms with van der Waals surface area (Å²) in [5.41, 5.74) is 6.17. The summed E-state index contributed by atoms with van der Waals surface area (Å²) in [5, 5.41) is 3.44. The van der Waals surface area contributed by atoms with Crippen molar-refractivity contribution in [2.45, 2.75) is 32.7 Å². The zero-order chi connectivity index (χ0) is 13.8. The van der Waals surface area contributed by atoms with Crippen LogP contribution in [0.1, 0.15) is 24.4 Å². The van der Waals surface area contributed by atoms with Crippen LogP contribution in [0.2, 0.25) is 0 Å². The van der Waals surface area contributed by atoms with Crippen molar-refractivity contribution in [3.63, 3.8) is 0 Å². The van der Waals surface area contributed by atoms with Gasteiger partial charge in [0.25, 0.3) is 0 Å². The number of nitrogens with one attached hydrogen (secondary N) is 1. The Balaban J connectivity index is 1.86. The first-order chi connectivity index (χ1) is 9.02. The third kappa shape index (κ3) is 4.17. The van der Waals surface area contributed by atoms with Gasteiger partial charge in [-0.25, -0.2) is 9.97 Å². The van der Waals surface area contributed by atoms with E-state index in [4.69, 9.17) is 5.73 Å². The zero-order valence-electron chi connectivity index (χ0n) is 11.5. The quantitative estimate of drug-likeness (QED) is 0.824. The molecule has 0 unspecified atom stereocenters. The minimum absolute atomic E-state index is 0.256. The van der Waals surface area contributed by atoms with Crippen LogP contribution in [-0.4, -0.2) is 46.5 Å². The minimum atomic E-state index is -0.256. The van der Waals surface area contributed by atoms with Gasteiger partial charge in [-0.05, 0) is 26.7 Å². The van der Waals surface area contributed by atoms with E-state index >= 15 is 0 Å². The fourth-order valence-corrected chi connectivity index (χ4v) is 2.46. The number of aryl methyl sites for hydroxylation is 2. The average molecular weight is 263 g/mol. The molecule has 1 aliphatic rings. The molecular formula is C13H21N5O. The van der Waals surface area contributed by atoms with Crippen molar-refractivity contribution in [3.05, 3.63) is 17.6 Å². The number of hydrogen-bond donors (Lipinski definition) is 2. The lowest BCUT2D eigenvalue weighted by Gasteiger charge is -2.31. The molecule has 19 heavy (non-hydrogen) atoms. The van der Waals surface area contributed by atoms with Gasteiger partial charge < -0.3 is 11.1 Å². The second-order valence-corrected chi connectivity index (χ2v) is 5.10. The van der Waals surface area contributed by atoms with Crippen molar-refractivity contribution >= 4 is 11.7 Å². The molecule has 6 nitrogen and oxygen atoms in total. The number of rotatable bonds is 4. The summed E-state index contributed by atoms with van der Waals surface area (Å²) in [5.74, 6) is 1.42. The Morgan fingerprint density at radius 2 is 2.11 bits per heavy atom. The molecule has 1 fully saturated rings. The number of carbonyl (C=O) groups excluding carboxylic acids is 1. The van der Waals surface area contributed by atoms with Gasteiger partial charge in [-0.1, -0.05) is 0 Å². The van der Waals surface area contributed by atoms with Crippen molar-refractivity contribution < 1.29 is 4.79 Å². The van der Waals surface area contributed by atoms with Crippen LogP contribution < -0.4 is 11.1 Å². The number of carbonyl (C=O) groups is 1. The standard InChI is InChI=1S/C13H21N5O/c1-9-7-13(16-10(2)15-9)17-11-3-5-18(6-4-11)8-12(14)19/h7,11H,3-6,8H2,1-2H3,(H2,14,19)(H,15,16,17). The largest absolute Gasteiger partial charge is 0.369 e. The summed E-state index contributed by atoms with van der Waals surface area (Å²) < 4.78 is 0. The van der Waals surface area contributed by atoms with Crippen LogP contribution in [0.25, 0.3) is 0 Å². The molecule has 0 radical (unpaired) electrons. The number of aromatic nitrogens is 2. The Bertz CT molecular complexity index is 434. The van der Waals surface area contributed by atoms with Crippen molar-refractivity contribution in [2.24, 2.45) is 5.73 Å². The highest BCUT2D eigenvalue weighted by molar-refractivity contribution is 5.75. The molecule has 1 aromatic rings. The van der Waals surface area contributed by atoms with Gasteiger partial charge in [0, 0.05) is 30.9 Å². The molecule has 1 aromatic heterocycles. The van der Waals surface area contributed by atoms with Crippen LogP contribution in [-0.2, 0) is 4.79 Å². The smallest absolute Gasteiger partial charge is 0.231 e. The summed E-state index contributed by atoms with van der Waals surface area (Å²) in [4.78, 5) is 21.6. The summed E-state index contributed by atoms with van der Waals surface area (Å²) in [6, 6.07) is 2.36. The first kappa shape index (κ1) is 13.7. The second kappa shape index (κ2) is 5.97. The highest BCUT2D eigenvalue weighted by Gasteiger charge is 2.20. The molecule has 0 aromatic carbocycles. The lowest BCUT2D eigenvalue weighted by Crippen LogP contribution is -2.43. The number of hydrogen-bond acceptors (Lipinski definition) is 5. The molecule has 1 saturated heterocycles. The molecular weight excluding hydrogens is 242 g/mol. The third-order valence-electron chi connectivity index (χ3n) is 3.29. The second-order valence-electron chi connectivity index (χ2n) is 5.10. The number of anilines is 1. The fraction of sp³-hybridized carbons (Fsp3) is 0.615. The van der Waals surface area contributed by atoms with E-state index in [1.807, 2.05) is 19.9 Å². The summed E-state index contributed by atoms with van der Waals surface area (Å²) in [6.07, 6.45) is 1.99. The van der Waals surface area contributed by atoms with E-state index in [-0.39, 0.29) is 5.91 Å². The number of amides is 1. The molecule has 2 heterocycles. The van der Waals surface area contributed by atoms with Crippen LogP contribution in [0.15, 0.2) is 6.07 Å². The number of nitrogens with zero attached hydrogens (tertiary/aromatic N) is 3. The van der Waals surface area contributed by atoms with E-state index in [0.717, 1.165) is 43.3 Å². The molecule has 0 aliphatic carbocycles. The molecule has 6 heteroatoms. The van der Waals surface area contributed by atoms with E-state index in [9.17, 15) is 4.79 Å². The van der Waals surface area contributed by atoms with Gasteiger partial charge in [-0.3, -0.25) is 9.69 Å². The molecule has 0 atom stereocenters. The van der Waals surface area contributed by atoms with E-state index in [1.54, 1.807) is 0 Å². The zero-order valence-corrected chi connectivity index (χ0v) is 11.5. The lowest BCUT2D eigenvalue weighted by atomic mass is 10.1. The van der Waals surface area contributed by atoms with Crippen molar-refractivity contribution in [1.29, 1.82) is 0 Å². The van der Waals surface area contributed by atoms with Crippen molar-refractivity contribution in [1.82, 2.24) is 14.9 Å². The highest BCUT2D eigenvalue weighted by atomic mass is 16.1. The molecule has 2 rings (SSSR count).